The first-order valence-electron chi connectivity index (χ1n) is 7.38. The first kappa shape index (κ1) is 14.3. The monoisotopic (exact) mass is 267 g/mol. The fraction of sp³-hybridized carbons (Fsp3) is 0.857. The fourth-order valence-electron chi connectivity index (χ4n) is 3.14. The van der Waals surface area contributed by atoms with E-state index in [0.717, 1.165) is 25.9 Å². The first-order valence-corrected chi connectivity index (χ1v) is 7.38. The number of primary amides is 1. The molecule has 0 bridgehead atoms. The molecule has 0 aliphatic carbocycles. The number of carbonyl (C=O) groups is 2. The highest BCUT2D eigenvalue weighted by atomic mass is 16.2. The Morgan fingerprint density at radius 2 is 2.11 bits per heavy atom. The van der Waals surface area contributed by atoms with Crippen molar-refractivity contribution in [2.75, 3.05) is 19.6 Å². The normalized spacial score (nSPS) is 32.1. The minimum absolute atomic E-state index is 0.158. The Kier molecular flexibility index (Phi) is 4.80. The molecule has 0 radical (unpaired) electrons. The Hall–Kier alpha value is -1.10. The zero-order valence-corrected chi connectivity index (χ0v) is 11.7. The molecule has 2 fully saturated rings. The summed E-state index contributed by atoms with van der Waals surface area (Å²) in [6.07, 6.45) is 4.63. The van der Waals surface area contributed by atoms with Crippen LogP contribution >= 0.6 is 0 Å². The predicted molar refractivity (Wildman–Crippen MR) is 73.3 cm³/mol. The second kappa shape index (κ2) is 6.37. The second-order valence-electron chi connectivity index (χ2n) is 5.97. The van der Waals surface area contributed by atoms with Gasteiger partial charge in [-0.3, -0.25) is 9.59 Å². The van der Waals surface area contributed by atoms with Crippen LogP contribution in [0.2, 0.25) is 0 Å². The number of nitrogens with zero attached hydrogens (tertiary/aromatic N) is 1. The van der Waals surface area contributed by atoms with Crippen LogP contribution in [-0.4, -0.2) is 42.4 Å². The van der Waals surface area contributed by atoms with E-state index in [1.54, 1.807) is 0 Å². The van der Waals surface area contributed by atoms with Gasteiger partial charge in [0.15, 0.2) is 0 Å². The third-order valence-electron chi connectivity index (χ3n) is 4.50. The highest BCUT2D eigenvalue weighted by Gasteiger charge is 2.30. The quantitative estimate of drug-likeness (QED) is 0.781. The van der Waals surface area contributed by atoms with Crippen LogP contribution in [0.5, 0.6) is 0 Å². The zero-order valence-electron chi connectivity index (χ0n) is 11.7. The maximum Gasteiger partial charge on any atom is 0.224 e. The van der Waals surface area contributed by atoms with Crippen molar-refractivity contribution < 1.29 is 9.59 Å². The van der Waals surface area contributed by atoms with Crippen molar-refractivity contribution in [1.29, 1.82) is 0 Å². The zero-order chi connectivity index (χ0) is 13.8. The summed E-state index contributed by atoms with van der Waals surface area (Å²) in [5.41, 5.74) is 5.35. The van der Waals surface area contributed by atoms with E-state index >= 15 is 0 Å². The molecule has 2 heterocycles. The molecule has 3 atom stereocenters. The van der Waals surface area contributed by atoms with Crippen LogP contribution < -0.4 is 11.1 Å². The Morgan fingerprint density at radius 3 is 2.79 bits per heavy atom. The molecular formula is C14H25N3O2. The van der Waals surface area contributed by atoms with Gasteiger partial charge >= 0.3 is 0 Å². The van der Waals surface area contributed by atoms with E-state index in [0.29, 0.717) is 18.9 Å². The van der Waals surface area contributed by atoms with Crippen LogP contribution in [0, 0.1) is 11.8 Å². The number of nitrogens with one attached hydrogen (secondary N) is 1. The van der Waals surface area contributed by atoms with E-state index in [1.165, 1.54) is 12.8 Å². The van der Waals surface area contributed by atoms with Gasteiger partial charge < -0.3 is 16.0 Å². The Morgan fingerprint density at radius 1 is 1.32 bits per heavy atom. The molecular weight excluding hydrogens is 242 g/mol. The van der Waals surface area contributed by atoms with Gasteiger partial charge in [-0.25, -0.2) is 0 Å². The van der Waals surface area contributed by atoms with Crippen LogP contribution in [-0.2, 0) is 9.59 Å². The number of hydrogen-bond acceptors (Lipinski definition) is 3. The van der Waals surface area contributed by atoms with Gasteiger partial charge in [0, 0.05) is 25.6 Å². The maximum atomic E-state index is 12.3. The number of rotatable bonds is 3. The van der Waals surface area contributed by atoms with Gasteiger partial charge in [0.25, 0.3) is 0 Å². The molecule has 0 aromatic heterocycles. The predicted octanol–water partition coefficient (Wildman–Crippen LogP) is 0.489. The van der Waals surface area contributed by atoms with E-state index in [9.17, 15) is 9.59 Å². The Bertz CT molecular complexity index is 346. The largest absolute Gasteiger partial charge is 0.369 e. The van der Waals surface area contributed by atoms with Gasteiger partial charge in [0.1, 0.15) is 0 Å². The number of piperidine rings is 2. The Labute approximate surface area is 114 Å². The van der Waals surface area contributed by atoms with Gasteiger partial charge in [-0.05, 0) is 38.1 Å². The highest BCUT2D eigenvalue weighted by molar-refractivity contribution is 5.80. The topological polar surface area (TPSA) is 75.4 Å². The molecule has 3 unspecified atom stereocenters. The molecule has 2 amide bonds. The summed E-state index contributed by atoms with van der Waals surface area (Å²) >= 11 is 0. The average Bonchev–Trinajstić information content (AvgIpc) is 2.41. The minimum Gasteiger partial charge on any atom is -0.369 e. The molecule has 3 N–H and O–H groups in total. The van der Waals surface area contributed by atoms with Crippen molar-refractivity contribution in [3.63, 3.8) is 0 Å². The summed E-state index contributed by atoms with van der Waals surface area (Å²) in [5, 5.41) is 3.43. The molecule has 5 heteroatoms. The van der Waals surface area contributed by atoms with E-state index in [1.807, 2.05) is 4.90 Å². The maximum absolute atomic E-state index is 12.3. The molecule has 2 aliphatic rings. The lowest BCUT2D eigenvalue weighted by Crippen LogP contribution is -2.48. The van der Waals surface area contributed by atoms with Crippen molar-refractivity contribution in [3.8, 4) is 0 Å². The van der Waals surface area contributed by atoms with E-state index in [4.69, 9.17) is 5.73 Å². The van der Waals surface area contributed by atoms with Crippen LogP contribution in [0.25, 0.3) is 0 Å². The highest BCUT2D eigenvalue weighted by Crippen LogP contribution is 2.21. The number of likely N-dealkylation sites (tertiary alicyclic amines) is 1. The first-order chi connectivity index (χ1) is 9.08. The lowest BCUT2D eigenvalue weighted by molar-refractivity contribution is -0.135. The van der Waals surface area contributed by atoms with Crippen LogP contribution in [0.15, 0.2) is 0 Å². The van der Waals surface area contributed by atoms with E-state index < -0.39 is 0 Å². The van der Waals surface area contributed by atoms with Crippen LogP contribution in [0.3, 0.4) is 0 Å². The molecule has 0 spiro atoms. The summed E-state index contributed by atoms with van der Waals surface area (Å²) in [5.74, 6) is 0.280. The Balaban J connectivity index is 1.86. The summed E-state index contributed by atoms with van der Waals surface area (Å²) in [6.45, 7) is 4.48. The minimum atomic E-state index is -0.276. The molecule has 0 aromatic carbocycles. The van der Waals surface area contributed by atoms with Crippen LogP contribution in [0.4, 0.5) is 0 Å². The second-order valence-corrected chi connectivity index (χ2v) is 5.97. The number of hydrogen-bond donors (Lipinski definition) is 2. The third-order valence-corrected chi connectivity index (χ3v) is 4.50. The molecule has 0 aromatic rings. The summed E-state index contributed by atoms with van der Waals surface area (Å²) in [6, 6.07) is 0.287. The van der Waals surface area contributed by atoms with E-state index in [-0.39, 0.29) is 23.8 Å². The summed E-state index contributed by atoms with van der Waals surface area (Å²) in [4.78, 5) is 25.4. The summed E-state index contributed by atoms with van der Waals surface area (Å²) in [7, 11) is 0. The van der Waals surface area contributed by atoms with Crippen molar-refractivity contribution in [1.82, 2.24) is 10.2 Å². The molecule has 2 aliphatic heterocycles. The van der Waals surface area contributed by atoms with Gasteiger partial charge in [-0.2, -0.15) is 0 Å². The standard InChI is InChI=1S/C14H25N3O2/c1-10-4-2-6-16-12(10)8-13(18)17-7-3-5-11(9-17)14(15)19/h10-12,16H,2-9H2,1H3,(H2,15,19). The number of nitrogens with two attached hydrogens (primary N) is 1. The average molecular weight is 267 g/mol. The number of carbonyl (C=O) groups excluding carboxylic acids is 2. The summed E-state index contributed by atoms with van der Waals surface area (Å²) < 4.78 is 0. The van der Waals surface area contributed by atoms with Crippen molar-refractivity contribution in [2.45, 2.75) is 45.1 Å². The van der Waals surface area contributed by atoms with E-state index in [2.05, 4.69) is 12.2 Å². The van der Waals surface area contributed by atoms with Gasteiger partial charge in [-0.15, -0.1) is 0 Å². The van der Waals surface area contributed by atoms with Crippen molar-refractivity contribution in [3.05, 3.63) is 0 Å². The molecule has 5 nitrogen and oxygen atoms in total. The smallest absolute Gasteiger partial charge is 0.224 e. The molecule has 19 heavy (non-hydrogen) atoms. The molecule has 2 saturated heterocycles. The third kappa shape index (κ3) is 3.69. The molecule has 0 saturated carbocycles. The lowest BCUT2D eigenvalue weighted by Gasteiger charge is -2.35. The van der Waals surface area contributed by atoms with Gasteiger partial charge in [-0.1, -0.05) is 6.92 Å². The SMILES string of the molecule is CC1CCCNC1CC(=O)N1CCCC(C(N)=O)C1. The van der Waals surface area contributed by atoms with Gasteiger partial charge in [0.05, 0.1) is 5.92 Å². The van der Waals surface area contributed by atoms with Gasteiger partial charge in [0.2, 0.25) is 11.8 Å². The molecule has 108 valence electrons. The fourth-order valence-corrected chi connectivity index (χ4v) is 3.14. The number of amides is 2. The van der Waals surface area contributed by atoms with Crippen molar-refractivity contribution in [2.24, 2.45) is 17.6 Å². The van der Waals surface area contributed by atoms with Crippen LogP contribution in [0.1, 0.15) is 39.0 Å². The van der Waals surface area contributed by atoms with Crippen molar-refractivity contribution >= 4 is 11.8 Å². The lowest BCUT2D eigenvalue weighted by atomic mass is 9.89. The molecule has 2 rings (SSSR count).